The Kier molecular flexibility index (Phi) is 5.93. The quantitative estimate of drug-likeness (QED) is 0.603. The van der Waals surface area contributed by atoms with Gasteiger partial charge in [0, 0.05) is 10.7 Å². The van der Waals surface area contributed by atoms with Crippen LogP contribution in [0.25, 0.3) is 0 Å². The van der Waals surface area contributed by atoms with Crippen molar-refractivity contribution >= 4 is 39.8 Å². The summed E-state index contributed by atoms with van der Waals surface area (Å²) in [7, 11) is 0. The van der Waals surface area contributed by atoms with Crippen LogP contribution in [0.2, 0.25) is 5.02 Å². The van der Waals surface area contributed by atoms with Crippen LogP contribution in [0.15, 0.2) is 36.4 Å². The van der Waals surface area contributed by atoms with E-state index in [4.69, 9.17) is 16.3 Å². The van der Waals surface area contributed by atoms with Crippen molar-refractivity contribution in [3.05, 3.63) is 63.1 Å². The van der Waals surface area contributed by atoms with Crippen molar-refractivity contribution < 1.29 is 9.53 Å². The maximum atomic E-state index is 12.1. The predicted octanol–water partition coefficient (Wildman–Crippen LogP) is 5.34. The number of rotatable bonds is 5. The van der Waals surface area contributed by atoms with Crippen LogP contribution in [0.4, 0.5) is 15.6 Å². The third-order valence-electron chi connectivity index (χ3n) is 3.94. The van der Waals surface area contributed by atoms with Gasteiger partial charge in [-0.25, -0.2) is 4.79 Å². The number of ether oxygens (including phenoxy) is 1. The average molecular weight is 403 g/mol. The van der Waals surface area contributed by atoms with Crippen molar-refractivity contribution in [3.8, 4) is 5.75 Å². The zero-order valence-corrected chi connectivity index (χ0v) is 16.7. The molecule has 8 heteroatoms. The van der Waals surface area contributed by atoms with E-state index in [2.05, 4.69) is 20.8 Å². The topological polar surface area (TPSA) is 76.1 Å². The minimum Gasteiger partial charge on any atom is -0.486 e. The largest absolute Gasteiger partial charge is 0.486 e. The van der Waals surface area contributed by atoms with E-state index in [1.165, 1.54) is 16.9 Å². The van der Waals surface area contributed by atoms with Crippen molar-refractivity contribution in [1.29, 1.82) is 0 Å². The first kappa shape index (κ1) is 19.1. The van der Waals surface area contributed by atoms with Crippen LogP contribution in [-0.2, 0) is 6.61 Å². The number of aryl methyl sites for hydroxylation is 3. The molecule has 6 nitrogen and oxygen atoms in total. The number of anilines is 2. The number of carbonyl (C=O) groups is 1. The molecular formula is C19H19ClN4O2S. The van der Waals surface area contributed by atoms with Gasteiger partial charge in [0.05, 0.1) is 0 Å². The van der Waals surface area contributed by atoms with Gasteiger partial charge in [-0.1, -0.05) is 29.0 Å². The van der Waals surface area contributed by atoms with Gasteiger partial charge in [0.15, 0.2) is 5.01 Å². The monoisotopic (exact) mass is 402 g/mol. The van der Waals surface area contributed by atoms with E-state index in [0.29, 0.717) is 20.9 Å². The molecule has 3 rings (SSSR count). The summed E-state index contributed by atoms with van der Waals surface area (Å²) in [5.41, 5.74) is 3.95. The molecule has 2 aromatic carbocycles. The predicted molar refractivity (Wildman–Crippen MR) is 109 cm³/mol. The van der Waals surface area contributed by atoms with Gasteiger partial charge in [0.2, 0.25) is 5.13 Å². The maximum Gasteiger partial charge on any atom is 0.325 e. The van der Waals surface area contributed by atoms with E-state index in [-0.39, 0.29) is 12.6 Å². The molecule has 0 fully saturated rings. The van der Waals surface area contributed by atoms with Gasteiger partial charge in [0.1, 0.15) is 12.4 Å². The third kappa shape index (κ3) is 5.18. The molecule has 0 saturated heterocycles. The Bertz CT molecular complexity index is 974. The summed E-state index contributed by atoms with van der Waals surface area (Å²) in [6.45, 7) is 6.20. The lowest BCUT2D eigenvalue weighted by molar-refractivity contribution is 0.262. The highest BCUT2D eigenvalue weighted by Crippen LogP contribution is 2.23. The summed E-state index contributed by atoms with van der Waals surface area (Å²) < 4.78 is 5.69. The average Bonchev–Trinajstić information content (AvgIpc) is 3.06. The summed E-state index contributed by atoms with van der Waals surface area (Å²) in [5.74, 6) is 0.703. The zero-order valence-electron chi connectivity index (χ0n) is 15.2. The number of benzene rings is 2. The number of carbonyl (C=O) groups excluding carboxylic acids is 1. The molecule has 140 valence electrons. The van der Waals surface area contributed by atoms with Crippen molar-refractivity contribution in [1.82, 2.24) is 10.2 Å². The van der Waals surface area contributed by atoms with Crippen molar-refractivity contribution in [2.45, 2.75) is 27.4 Å². The smallest absolute Gasteiger partial charge is 0.325 e. The number of nitrogens with one attached hydrogen (secondary N) is 2. The molecule has 1 heterocycles. The Morgan fingerprint density at radius 3 is 2.59 bits per heavy atom. The highest BCUT2D eigenvalue weighted by molar-refractivity contribution is 7.15. The molecule has 0 bridgehead atoms. The molecule has 3 aromatic rings. The summed E-state index contributed by atoms with van der Waals surface area (Å²) in [6.07, 6.45) is 0. The molecule has 2 amide bonds. The van der Waals surface area contributed by atoms with Crippen LogP contribution in [0.5, 0.6) is 5.75 Å². The number of halogens is 1. The molecule has 0 radical (unpaired) electrons. The standard InChI is InChI=1S/C19H19ClN4O2S/c1-11-4-5-14(8-12(11)2)21-18(25)22-19-24-23-17(27-19)10-26-15-6-7-16(20)13(3)9-15/h4-9H,10H2,1-3H3,(H2,21,22,24,25). The first-order valence-electron chi connectivity index (χ1n) is 8.27. The second-order valence-electron chi connectivity index (χ2n) is 6.08. The minimum atomic E-state index is -0.366. The van der Waals surface area contributed by atoms with Crippen LogP contribution in [0, 0.1) is 20.8 Å². The van der Waals surface area contributed by atoms with Gasteiger partial charge < -0.3 is 10.1 Å². The van der Waals surface area contributed by atoms with E-state index >= 15 is 0 Å². The van der Waals surface area contributed by atoms with E-state index < -0.39 is 0 Å². The summed E-state index contributed by atoms with van der Waals surface area (Å²) >= 11 is 7.26. The highest BCUT2D eigenvalue weighted by atomic mass is 35.5. The summed E-state index contributed by atoms with van der Waals surface area (Å²) in [6, 6.07) is 10.8. The lowest BCUT2D eigenvalue weighted by Gasteiger charge is -2.07. The second kappa shape index (κ2) is 8.37. The fourth-order valence-electron chi connectivity index (χ4n) is 2.29. The number of hydrogen-bond acceptors (Lipinski definition) is 5. The minimum absolute atomic E-state index is 0.263. The SMILES string of the molecule is Cc1ccc(NC(=O)Nc2nnc(COc3ccc(Cl)c(C)c3)s2)cc1C. The van der Waals surface area contributed by atoms with Crippen LogP contribution >= 0.6 is 22.9 Å². The Labute approximate surface area is 166 Å². The summed E-state index contributed by atoms with van der Waals surface area (Å²) in [4.78, 5) is 12.1. The fourth-order valence-corrected chi connectivity index (χ4v) is 3.06. The van der Waals surface area contributed by atoms with Crippen LogP contribution in [0.1, 0.15) is 21.7 Å². The molecule has 1 aromatic heterocycles. The number of amides is 2. The van der Waals surface area contributed by atoms with Crippen LogP contribution in [0.3, 0.4) is 0 Å². The molecule has 27 heavy (non-hydrogen) atoms. The number of urea groups is 1. The van der Waals surface area contributed by atoms with Crippen molar-refractivity contribution in [2.75, 3.05) is 10.6 Å². The van der Waals surface area contributed by atoms with Gasteiger partial charge in [-0.05, 0) is 67.8 Å². The lowest BCUT2D eigenvalue weighted by Crippen LogP contribution is -2.19. The first-order valence-corrected chi connectivity index (χ1v) is 9.47. The lowest BCUT2D eigenvalue weighted by atomic mass is 10.1. The highest BCUT2D eigenvalue weighted by Gasteiger charge is 2.10. The first-order chi connectivity index (χ1) is 12.9. The van der Waals surface area contributed by atoms with E-state index in [9.17, 15) is 4.79 Å². The van der Waals surface area contributed by atoms with E-state index in [0.717, 1.165) is 16.8 Å². The third-order valence-corrected chi connectivity index (χ3v) is 5.18. The molecule has 0 aliphatic rings. The van der Waals surface area contributed by atoms with Crippen LogP contribution < -0.4 is 15.4 Å². The van der Waals surface area contributed by atoms with Crippen molar-refractivity contribution in [2.24, 2.45) is 0 Å². The van der Waals surface area contributed by atoms with Gasteiger partial charge in [0.25, 0.3) is 0 Å². The number of aromatic nitrogens is 2. The molecule has 2 N–H and O–H groups in total. The molecule has 0 atom stereocenters. The molecule has 0 aliphatic heterocycles. The van der Waals surface area contributed by atoms with Gasteiger partial charge in [-0.3, -0.25) is 5.32 Å². The van der Waals surface area contributed by atoms with E-state index in [1.807, 2.05) is 45.0 Å². The van der Waals surface area contributed by atoms with Gasteiger partial charge >= 0.3 is 6.03 Å². The molecular weight excluding hydrogens is 384 g/mol. The maximum absolute atomic E-state index is 12.1. The Morgan fingerprint density at radius 2 is 1.85 bits per heavy atom. The zero-order chi connectivity index (χ0) is 19.4. The normalized spacial score (nSPS) is 10.5. The second-order valence-corrected chi connectivity index (χ2v) is 7.55. The van der Waals surface area contributed by atoms with Gasteiger partial charge in [-0.15, -0.1) is 10.2 Å². The Morgan fingerprint density at radius 1 is 1.04 bits per heavy atom. The van der Waals surface area contributed by atoms with Crippen molar-refractivity contribution in [3.63, 3.8) is 0 Å². The number of hydrogen-bond donors (Lipinski definition) is 2. The van der Waals surface area contributed by atoms with Gasteiger partial charge in [-0.2, -0.15) is 0 Å². The molecule has 0 aliphatic carbocycles. The molecule has 0 spiro atoms. The van der Waals surface area contributed by atoms with E-state index in [1.54, 1.807) is 12.1 Å². The summed E-state index contributed by atoms with van der Waals surface area (Å²) in [5, 5.41) is 15.2. The number of nitrogens with zero attached hydrogens (tertiary/aromatic N) is 2. The Hall–Kier alpha value is -2.64. The van der Waals surface area contributed by atoms with Crippen LogP contribution in [-0.4, -0.2) is 16.2 Å². The Balaban J connectivity index is 1.54. The molecule has 0 saturated carbocycles. The fraction of sp³-hybridized carbons (Fsp3) is 0.211. The molecule has 0 unspecified atom stereocenters.